The average molecular weight is 470 g/mol. The van der Waals surface area contributed by atoms with Gasteiger partial charge in [-0.1, -0.05) is 18.2 Å². The number of aromatic amines is 1. The molecule has 0 aliphatic carbocycles. The molecule has 7 nitrogen and oxygen atoms in total. The molecule has 6 rings (SSSR count). The van der Waals surface area contributed by atoms with Crippen molar-refractivity contribution in [1.29, 1.82) is 0 Å². The van der Waals surface area contributed by atoms with Crippen molar-refractivity contribution in [1.82, 2.24) is 15.2 Å². The lowest BCUT2D eigenvalue weighted by atomic mass is 10.1. The minimum atomic E-state index is -0.746. The minimum Gasteiger partial charge on any atom is -0.318 e. The summed E-state index contributed by atoms with van der Waals surface area (Å²) in [4.78, 5) is 30.4. The zero-order chi connectivity index (χ0) is 22.4. The molecule has 3 aromatic heterocycles. The lowest BCUT2D eigenvalue weighted by Gasteiger charge is -2.09. The number of benzene rings is 3. The van der Waals surface area contributed by atoms with Gasteiger partial charge in [0.05, 0.1) is 27.4 Å². The van der Waals surface area contributed by atoms with Crippen LogP contribution in [0, 0.1) is 0 Å². The predicted molar refractivity (Wildman–Crippen MR) is 134 cm³/mol. The number of thiophene rings is 1. The van der Waals surface area contributed by atoms with Crippen LogP contribution in [0.2, 0.25) is 0 Å². The molecule has 0 spiro atoms. The van der Waals surface area contributed by atoms with Crippen LogP contribution in [0.3, 0.4) is 0 Å². The van der Waals surface area contributed by atoms with Gasteiger partial charge in [-0.15, -0.1) is 22.7 Å². The maximum Gasteiger partial charge on any atom is 0.314 e. The molecule has 3 aromatic carbocycles. The molecule has 0 fully saturated rings. The molecular formula is C24H15N5O2S2. The van der Waals surface area contributed by atoms with Gasteiger partial charge >= 0.3 is 11.8 Å². The van der Waals surface area contributed by atoms with E-state index < -0.39 is 11.8 Å². The first-order valence-corrected chi connectivity index (χ1v) is 11.8. The Morgan fingerprint density at radius 2 is 1.70 bits per heavy atom. The van der Waals surface area contributed by atoms with E-state index in [2.05, 4.69) is 44.0 Å². The van der Waals surface area contributed by atoms with Crippen LogP contribution in [0.5, 0.6) is 0 Å². The Kier molecular flexibility index (Phi) is 4.63. The number of rotatable bonds is 3. The SMILES string of the molecule is O=C(Nc1cc(-c2cc3ccccc3s2)c2[nH]ncc2c1)C(=O)Nc1ccc2ncsc2c1. The van der Waals surface area contributed by atoms with Crippen molar-refractivity contribution >= 4 is 77.1 Å². The number of amides is 2. The van der Waals surface area contributed by atoms with Crippen LogP contribution in [0.15, 0.2) is 72.4 Å². The fraction of sp³-hybridized carbons (Fsp3) is 0. The van der Waals surface area contributed by atoms with E-state index in [1.807, 2.05) is 24.3 Å². The van der Waals surface area contributed by atoms with Crippen LogP contribution >= 0.6 is 22.7 Å². The van der Waals surface area contributed by atoms with Gasteiger partial charge in [-0.2, -0.15) is 5.10 Å². The largest absolute Gasteiger partial charge is 0.318 e. The maximum absolute atomic E-state index is 12.6. The Bertz CT molecular complexity index is 1650. The maximum atomic E-state index is 12.6. The van der Waals surface area contributed by atoms with Crippen LogP contribution in [-0.2, 0) is 9.59 Å². The number of carbonyl (C=O) groups excluding carboxylic acids is 2. The molecule has 9 heteroatoms. The summed E-state index contributed by atoms with van der Waals surface area (Å²) in [5, 5.41) is 14.6. The third-order valence-corrected chi connectivity index (χ3v) is 7.23. The van der Waals surface area contributed by atoms with Crippen molar-refractivity contribution in [2.75, 3.05) is 10.6 Å². The molecule has 0 saturated heterocycles. The van der Waals surface area contributed by atoms with Gasteiger partial charge in [0, 0.05) is 31.9 Å². The van der Waals surface area contributed by atoms with Crippen molar-refractivity contribution in [3.63, 3.8) is 0 Å². The smallest absolute Gasteiger partial charge is 0.314 e. The first kappa shape index (κ1) is 19.6. The number of nitrogens with zero attached hydrogens (tertiary/aromatic N) is 2. The zero-order valence-corrected chi connectivity index (χ0v) is 18.6. The van der Waals surface area contributed by atoms with Crippen LogP contribution in [0.1, 0.15) is 0 Å². The van der Waals surface area contributed by atoms with E-state index in [0.29, 0.717) is 11.4 Å². The highest BCUT2D eigenvalue weighted by molar-refractivity contribution is 7.22. The lowest BCUT2D eigenvalue weighted by molar-refractivity contribution is -0.132. The van der Waals surface area contributed by atoms with Crippen molar-refractivity contribution < 1.29 is 9.59 Å². The second-order valence-electron chi connectivity index (χ2n) is 7.45. The molecule has 0 radical (unpaired) electrons. The fourth-order valence-electron chi connectivity index (χ4n) is 3.75. The van der Waals surface area contributed by atoms with Crippen LogP contribution in [-0.4, -0.2) is 27.0 Å². The molecule has 0 bridgehead atoms. The second-order valence-corrected chi connectivity index (χ2v) is 9.42. The van der Waals surface area contributed by atoms with Crippen molar-refractivity contribution in [3.8, 4) is 10.4 Å². The van der Waals surface area contributed by atoms with Gasteiger partial charge in [-0.3, -0.25) is 14.7 Å². The number of aromatic nitrogens is 3. The molecule has 2 amide bonds. The van der Waals surface area contributed by atoms with E-state index in [-0.39, 0.29) is 0 Å². The first-order valence-electron chi connectivity index (χ1n) is 10.1. The molecule has 6 aromatic rings. The monoisotopic (exact) mass is 469 g/mol. The highest BCUT2D eigenvalue weighted by Gasteiger charge is 2.17. The second kappa shape index (κ2) is 7.80. The molecular weight excluding hydrogens is 454 g/mol. The summed E-state index contributed by atoms with van der Waals surface area (Å²) in [6.07, 6.45) is 1.70. The number of nitrogens with one attached hydrogen (secondary N) is 3. The quantitative estimate of drug-likeness (QED) is 0.292. The van der Waals surface area contributed by atoms with Crippen molar-refractivity contribution in [2.45, 2.75) is 0 Å². The van der Waals surface area contributed by atoms with Crippen LogP contribution in [0.4, 0.5) is 11.4 Å². The van der Waals surface area contributed by atoms with Crippen LogP contribution in [0.25, 0.3) is 41.6 Å². The third-order valence-electron chi connectivity index (χ3n) is 5.29. The summed E-state index contributed by atoms with van der Waals surface area (Å²) in [7, 11) is 0. The van der Waals surface area contributed by atoms with Gasteiger partial charge in [0.15, 0.2) is 0 Å². The van der Waals surface area contributed by atoms with E-state index in [9.17, 15) is 9.59 Å². The normalized spacial score (nSPS) is 11.3. The molecule has 0 saturated carbocycles. The molecule has 160 valence electrons. The zero-order valence-electron chi connectivity index (χ0n) is 17.0. The number of hydrogen-bond acceptors (Lipinski definition) is 6. The highest BCUT2D eigenvalue weighted by Crippen LogP contribution is 2.38. The topological polar surface area (TPSA) is 99.8 Å². The summed E-state index contributed by atoms with van der Waals surface area (Å²) in [5.41, 5.74) is 5.45. The molecule has 0 unspecified atom stereocenters. The standard InChI is InChI=1S/C24H15N5O2S2/c30-23(27-15-5-6-18-21(10-15)32-12-25-18)24(31)28-16-7-14-11-26-29-22(14)17(9-16)20-8-13-3-1-2-4-19(13)33-20/h1-12H,(H,26,29)(H,27,30)(H,28,31). The number of fused-ring (bicyclic) bond motifs is 3. The number of thiazole rings is 1. The Labute approximate surface area is 195 Å². The third kappa shape index (κ3) is 3.63. The number of hydrogen-bond donors (Lipinski definition) is 3. The molecule has 0 aliphatic heterocycles. The van der Waals surface area contributed by atoms with E-state index in [0.717, 1.165) is 36.9 Å². The highest BCUT2D eigenvalue weighted by atomic mass is 32.1. The Hall–Kier alpha value is -4.08. The van der Waals surface area contributed by atoms with E-state index in [4.69, 9.17) is 0 Å². The Morgan fingerprint density at radius 1 is 0.848 bits per heavy atom. The Morgan fingerprint density at radius 3 is 2.58 bits per heavy atom. The van der Waals surface area contributed by atoms with Gasteiger partial charge < -0.3 is 10.6 Å². The molecule has 0 atom stereocenters. The van der Waals surface area contributed by atoms with Gasteiger partial charge in [-0.25, -0.2) is 4.98 Å². The lowest BCUT2D eigenvalue weighted by Crippen LogP contribution is -2.29. The summed E-state index contributed by atoms with van der Waals surface area (Å²) >= 11 is 3.13. The van der Waals surface area contributed by atoms with Crippen molar-refractivity contribution in [2.24, 2.45) is 0 Å². The summed E-state index contributed by atoms with van der Waals surface area (Å²) in [6, 6.07) is 19.3. The van der Waals surface area contributed by atoms with Crippen molar-refractivity contribution in [3.05, 3.63) is 72.4 Å². The molecule has 3 heterocycles. The molecule has 33 heavy (non-hydrogen) atoms. The van der Waals surface area contributed by atoms with Gasteiger partial charge in [0.1, 0.15) is 0 Å². The van der Waals surface area contributed by atoms with Gasteiger partial charge in [0.25, 0.3) is 0 Å². The van der Waals surface area contributed by atoms with Crippen LogP contribution < -0.4 is 10.6 Å². The first-order chi connectivity index (χ1) is 16.1. The molecule has 0 aliphatic rings. The number of carbonyl (C=O) groups is 2. The van der Waals surface area contributed by atoms with E-state index in [1.165, 1.54) is 16.0 Å². The van der Waals surface area contributed by atoms with E-state index in [1.54, 1.807) is 41.2 Å². The fourth-order valence-corrected chi connectivity index (χ4v) is 5.55. The number of H-pyrrole nitrogens is 1. The summed E-state index contributed by atoms with van der Waals surface area (Å²) in [6.45, 7) is 0. The van der Waals surface area contributed by atoms with E-state index >= 15 is 0 Å². The van der Waals surface area contributed by atoms with Gasteiger partial charge in [0.2, 0.25) is 0 Å². The summed E-state index contributed by atoms with van der Waals surface area (Å²) in [5.74, 6) is -1.49. The Balaban J connectivity index is 1.29. The number of anilines is 2. The minimum absolute atomic E-state index is 0.523. The predicted octanol–water partition coefficient (Wildman–Crippen LogP) is 5.63. The van der Waals surface area contributed by atoms with Gasteiger partial charge in [-0.05, 0) is 47.9 Å². The average Bonchev–Trinajstić information content (AvgIpc) is 3.56. The molecule has 3 N–H and O–H groups in total. The summed E-state index contributed by atoms with van der Waals surface area (Å²) < 4.78 is 2.11.